The number of carboxylic acid groups (broad SMARTS) is 1. The van der Waals surface area contributed by atoms with E-state index in [0.29, 0.717) is 21.8 Å². The Morgan fingerprint density at radius 3 is 2.50 bits per heavy atom. The fourth-order valence-corrected chi connectivity index (χ4v) is 3.70. The average Bonchev–Trinajstić information content (AvgIpc) is 3.02. The van der Waals surface area contributed by atoms with Gasteiger partial charge < -0.3 is 15.0 Å². The summed E-state index contributed by atoms with van der Waals surface area (Å²) in [4.78, 5) is 24.2. The van der Waals surface area contributed by atoms with Crippen LogP contribution in [-0.4, -0.2) is 21.6 Å². The first-order valence-corrected chi connectivity index (χ1v) is 10.2. The van der Waals surface area contributed by atoms with Gasteiger partial charge in [0.1, 0.15) is 11.6 Å². The van der Waals surface area contributed by atoms with Crippen LogP contribution >= 0.6 is 11.6 Å². The van der Waals surface area contributed by atoms with E-state index >= 15 is 0 Å². The van der Waals surface area contributed by atoms with Crippen LogP contribution in [0.15, 0.2) is 48.0 Å². The molecule has 0 atom stereocenters. The Labute approximate surface area is 191 Å². The quantitative estimate of drug-likeness (QED) is 0.392. The predicted octanol–water partition coefficient (Wildman–Crippen LogP) is 5.61. The lowest BCUT2D eigenvalue weighted by Crippen LogP contribution is -2.14. The van der Waals surface area contributed by atoms with Gasteiger partial charge in [0, 0.05) is 27.8 Å². The van der Waals surface area contributed by atoms with E-state index in [0.717, 1.165) is 22.6 Å². The second-order valence-electron chi connectivity index (χ2n) is 7.50. The summed E-state index contributed by atoms with van der Waals surface area (Å²) in [6.07, 6.45) is 1.53. The Kier molecular flexibility index (Phi) is 6.52. The van der Waals surface area contributed by atoms with Gasteiger partial charge in [-0.2, -0.15) is 5.26 Å². The zero-order valence-electron chi connectivity index (χ0n) is 18.2. The molecule has 0 bridgehead atoms. The SMILES string of the molecule is Cc1ccc(C(=O)O)cc1-n1c(C)cc(/C=C(/C#N)C(=O)Nc2cccc(Cl)c2C)c1C. The van der Waals surface area contributed by atoms with Crippen molar-refractivity contribution in [1.82, 2.24) is 4.57 Å². The molecule has 0 fully saturated rings. The van der Waals surface area contributed by atoms with E-state index in [1.165, 1.54) is 6.08 Å². The highest BCUT2D eigenvalue weighted by Gasteiger charge is 2.17. The first kappa shape index (κ1) is 22.9. The number of nitrogens with zero attached hydrogens (tertiary/aromatic N) is 2. The Morgan fingerprint density at radius 1 is 1.12 bits per heavy atom. The molecule has 1 amide bonds. The van der Waals surface area contributed by atoms with Crippen LogP contribution in [0.3, 0.4) is 0 Å². The van der Waals surface area contributed by atoms with Crippen LogP contribution in [0.1, 0.15) is 38.4 Å². The molecule has 0 saturated heterocycles. The van der Waals surface area contributed by atoms with E-state index < -0.39 is 11.9 Å². The Balaban J connectivity index is 2.01. The topological polar surface area (TPSA) is 95.1 Å². The number of nitrogens with one attached hydrogen (secondary N) is 1. The van der Waals surface area contributed by atoms with Gasteiger partial charge in [-0.25, -0.2) is 4.79 Å². The second-order valence-corrected chi connectivity index (χ2v) is 7.91. The van der Waals surface area contributed by atoms with Gasteiger partial charge in [0.2, 0.25) is 0 Å². The van der Waals surface area contributed by atoms with Crippen LogP contribution in [0.2, 0.25) is 5.02 Å². The molecule has 3 aromatic rings. The highest BCUT2D eigenvalue weighted by molar-refractivity contribution is 6.31. The minimum absolute atomic E-state index is 0.0550. The molecule has 0 aliphatic carbocycles. The fraction of sp³-hybridized carbons (Fsp3) is 0.160. The molecular weight excluding hydrogens is 426 g/mol. The van der Waals surface area contributed by atoms with Crippen molar-refractivity contribution in [3.63, 3.8) is 0 Å². The third kappa shape index (κ3) is 4.43. The Morgan fingerprint density at radius 2 is 1.84 bits per heavy atom. The number of aromatic nitrogens is 1. The molecule has 32 heavy (non-hydrogen) atoms. The molecule has 6 nitrogen and oxygen atoms in total. The van der Waals surface area contributed by atoms with Crippen LogP contribution in [0.4, 0.5) is 5.69 Å². The number of anilines is 1. The van der Waals surface area contributed by atoms with Gasteiger partial charge in [0.05, 0.1) is 5.56 Å². The maximum atomic E-state index is 12.7. The third-order valence-corrected chi connectivity index (χ3v) is 5.76. The highest BCUT2D eigenvalue weighted by Crippen LogP contribution is 2.27. The molecule has 0 saturated carbocycles. The summed E-state index contributed by atoms with van der Waals surface area (Å²) in [5.74, 6) is -1.54. The number of hydrogen-bond acceptors (Lipinski definition) is 3. The van der Waals surface area contributed by atoms with Crippen molar-refractivity contribution in [3.05, 3.63) is 86.7 Å². The molecule has 0 radical (unpaired) electrons. The smallest absolute Gasteiger partial charge is 0.335 e. The van der Waals surface area contributed by atoms with Crippen molar-refractivity contribution in [2.45, 2.75) is 27.7 Å². The molecule has 2 N–H and O–H groups in total. The zero-order valence-corrected chi connectivity index (χ0v) is 18.9. The first-order valence-electron chi connectivity index (χ1n) is 9.85. The van der Waals surface area contributed by atoms with Crippen LogP contribution in [0.25, 0.3) is 11.8 Å². The van der Waals surface area contributed by atoms with E-state index in [2.05, 4.69) is 5.32 Å². The van der Waals surface area contributed by atoms with Gasteiger partial charge in [-0.05, 0) is 80.8 Å². The summed E-state index contributed by atoms with van der Waals surface area (Å²) in [6.45, 7) is 7.43. The Hall–Kier alpha value is -3.82. The molecule has 0 unspecified atom stereocenters. The zero-order chi connectivity index (χ0) is 23.6. The molecule has 3 rings (SSSR count). The summed E-state index contributed by atoms with van der Waals surface area (Å²) in [7, 11) is 0. The number of hydrogen-bond donors (Lipinski definition) is 2. The third-order valence-electron chi connectivity index (χ3n) is 5.35. The lowest BCUT2D eigenvalue weighted by atomic mass is 10.1. The van der Waals surface area contributed by atoms with Crippen LogP contribution in [0.5, 0.6) is 0 Å². The number of benzene rings is 2. The molecule has 1 aromatic heterocycles. The number of rotatable bonds is 5. The van der Waals surface area contributed by atoms with Crippen LogP contribution in [-0.2, 0) is 4.79 Å². The van der Waals surface area contributed by atoms with E-state index in [4.69, 9.17) is 11.6 Å². The van der Waals surface area contributed by atoms with E-state index in [9.17, 15) is 20.0 Å². The lowest BCUT2D eigenvalue weighted by molar-refractivity contribution is -0.112. The molecule has 1 heterocycles. The number of aromatic carboxylic acids is 1. The largest absolute Gasteiger partial charge is 0.478 e. The van der Waals surface area contributed by atoms with Crippen molar-refractivity contribution in [2.24, 2.45) is 0 Å². The summed E-state index contributed by atoms with van der Waals surface area (Å²) in [6, 6.07) is 13.9. The molecule has 162 valence electrons. The van der Waals surface area contributed by atoms with E-state index in [1.54, 1.807) is 43.3 Å². The summed E-state index contributed by atoms with van der Waals surface area (Å²) in [5.41, 5.74) is 5.35. The fourth-order valence-electron chi connectivity index (χ4n) is 3.52. The monoisotopic (exact) mass is 447 g/mol. The van der Waals surface area contributed by atoms with E-state index in [-0.39, 0.29) is 11.1 Å². The van der Waals surface area contributed by atoms with Gasteiger partial charge in [-0.3, -0.25) is 4.79 Å². The summed E-state index contributed by atoms with van der Waals surface area (Å²) >= 11 is 6.11. The van der Waals surface area contributed by atoms with Crippen molar-refractivity contribution >= 4 is 35.2 Å². The summed E-state index contributed by atoms with van der Waals surface area (Å²) in [5, 5.41) is 22.2. The van der Waals surface area contributed by atoms with Gasteiger partial charge in [-0.1, -0.05) is 23.7 Å². The minimum Gasteiger partial charge on any atom is -0.478 e. The second kappa shape index (κ2) is 9.13. The van der Waals surface area contributed by atoms with Crippen molar-refractivity contribution in [1.29, 1.82) is 5.26 Å². The number of halogens is 1. The number of aryl methyl sites for hydroxylation is 2. The number of carboxylic acids is 1. The van der Waals surface area contributed by atoms with Crippen molar-refractivity contribution in [2.75, 3.05) is 5.32 Å². The molecular formula is C25H22ClN3O3. The molecule has 0 aliphatic rings. The minimum atomic E-state index is -1.01. The van der Waals surface area contributed by atoms with Crippen LogP contribution < -0.4 is 5.32 Å². The number of carbonyl (C=O) groups excluding carboxylic acids is 1. The standard InChI is InChI=1S/C25H22ClN3O3/c1-14-8-9-18(25(31)32)12-23(14)29-15(2)10-19(17(29)4)11-20(13-27)24(30)28-22-7-5-6-21(26)16(22)3/h5-12H,1-4H3,(H,28,30)(H,31,32)/b20-11-. The number of carbonyl (C=O) groups is 2. The van der Waals surface area contributed by atoms with Crippen LogP contribution in [0, 0.1) is 39.0 Å². The van der Waals surface area contributed by atoms with Crippen molar-refractivity contribution < 1.29 is 14.7 Å². The predicted molar refractivity (Wildman–Crippen MR) is 125 cm³/mol. The van der Waals surface area contributed by atoms with Crippen molar-refractivity contribution in [3.8, 4) is 11.8 Å². The molecule has 0 spiro atoms. The summed E-state index contributed by atoms with van der Waals surface area (Å²) < 4.78 is 1.92. The molecule has 7 heteroatoms. The van der Waals surface area contributed by atoms with Gasteiger partial charge in [0.15, 0.2) is 0 Å². The first-order chi connectivity index (χ1) is 15.1. The average molecular weight is 448 g/mol. The van der Waals surface area contributed by atoms with Gasteiger partial charge >= 0.3 is 5.97 Å². The Bertz CT molecular complexity index is 1310. The lowest BCUT2D eigenvalue weighted by Gasteiger charge is -2.14. The molecule has 2 aromatic carbocycles. The van der Waals surface area contributed by atoms with Gasteiger partial charge in [0.25, 0.3) is 5.91 Å². The normalized spacial score (nSPS) is 11.2. The highest BCUT2D eigenvalue weighted by atomic mass is 35.5. The van der Waals surface area contributed by atoms with E-state index in [1.807, 2.05) is 37.5 Å². The molecule has 0 aliphatic heterocycles. The number of nitriles is 1. The maximum absolute atomic E-state index is 12.7. The van der Waals surface area contributed by atoms with Gasteiger partial charge in [-0.15, -0.1) is 0 Å². The number of amides is 1. The maximum Gasteiger partial charge on any atom is 0.335 e.